The molecule has 2 nitrogen and oxygen atoms in total. The average molecular weight is 302 g/mol. The number of hydrogen-bond donors (Lipinski definition) is 1. The van der Waals surface area contributed by atoms with Crippen molar-refractivity contribution in [3.05, 3.63) is 84.8 Å². The van der Waals surface area contributed by atoms with Gasteiger partial charge in [0.1, 0.15) is 0 Å². The molecule has 2 aromatic rings. The zero-order chi connectivity index (χ0) is 15.9. The summed E-state index contributed by atoms with van der Waals surface area (Å²) in [6, 6.07) is 10.3. The van der Waals surface area contributed by atoms with Crippen molar-refractivity contribution in [1.29, 1.82) is 0 Å². The molecule has 1 aliphatic carbocycles. The van der Waals surface area contributed by atoms with Gasteiger partial charge in [-0.3, -0.25) is 4.98 Å². The molecule has 1 N–H and O–H groups in total. The molecule has 0 aliphatic heterocycles. The lowest BCUT2D eigenvalue weighted by Gasteiger charge is -2.10. The fraction of sp³-hybridized carbons (Fsp3) is 0.190. The van der Waals surface area contributed by atoms with Crippen molar-refractivity contribution in [2.24, 2.45) is 0 Å². The van der Waals surface area contributed by atoms with Gasteiger partial charge in [-0.15, -0.1) is 0 Å². The summed E-state index contributed by atoms with van der Waals surface area (Å²) in [5.74, 6) is 0. The van der Waals surface area contributed by atoms with Crippen molar-refractivity contribution in [2.75, 3.05) is 6.54 Å². The Labute approximate surface area is 137 Å². The van der Waals surface area contributed by atoms with Crippen LogP contribution in [0, 0.1) is 0 Å². The van der Waals surface area contributed by atoms with Crippen molar-refractivity contribution < 1.29 is 0 Å². The van der Waals surface area contributed by atoms with E-state index in [0.717, 1.165) is 42.6 Å². The van der Waals surface area contributed by atoms with Crippen LogP contribution in [0.15, 0.2) is 79.1 Å². The molecular formula is C21H22N2. The quantitative estimate of drug-likeness (QED) is 0.758. The van der Waals surface area contributed by atoms with Crippen LogP contribution in [0.3, 0.4) is 0 Å². The minimum atomic E-state index is 0.890. The second kappa shape index (κ2) is 7.59. The molecule has 1 aromatic carbocycles. The number of allylic oxidation sites excluding steroid dienone is 6. The van der Waals surface area contributed by atoms with Gasteiger partial charge in [0.25, 0.3) is 0 Å². The largest absolute Gasteiger partial charge is 0.384 e. The summed E-state index contributed by atoms with van der Waals surface area (Å²) in [6.07, 6.45) is 16.0. The normalized spacial score (nSPS) is 13.7. The van der Waals surface area contributed by atoms with Crippen LogP contribution in [-0.2, 0) is 0 Å². The van der Waals surface area contributed by atoms with E-state index >= 15 is 0 Å². The Balaban J connectivity index is 1.52. The van der Waals surface area contributed by atoms with E-state index in [1.807, 2.05) is 18.3 Å². The van der Waals surface area contributed by atoms with Gasteiger partial charge < -0.3 is 5.32 Å². The zero-order valence-electron chi connectivity index (χ0n) is 13.3. The second-order valence-corrected chi connectivity index (χ2v) is 5.73. The molecule has 0 bridgehead atoms. The van der Waals surface area contributed by atoms with Crippen LogP contribution in [0.4, 0.5) is 0 Å². The first kappa shape index (κ1) is 15.3. The third-order valence-corrected chi connectivity index (χ3v) is 3.97. The predicted molar refractivity (Wildman–Crippen MR) is 99.0 cm³/mol. The molecule has 0 saturated carbocycles. The molecule has 0 atom stereocenters. The molecule has 0 amide bonds. The average Bonchev–Trinajstić information content (AvgIpc) is 2.87. The number of rotatable bonds is 6. The number of fused-ring (bicyclic) bond motifs is 1. The lowest BCUT2D eigenvalue weighted by molar-refractivity contribution is 0.763. The van der Waals surface area contributed by atoms with Gasteiger partial charge in [0.05, 0.1) is 11.4 Å². The lowest BCUT2D eigenvalue weighted by Crippen LogP contribution is -2.13. The van der Waals surface area contributed by atoms with E-state index in [1.165, 1.54) is 11.0 Å². The minimum Gasteiger partial charge on any atom is -0.384 e. The van der Waals surface area contributed by atoms with Crippen molar-refractivity contribution in [1.82, 2.24) is 10.3 Å². The molecule has 23 heavy (non-hydrogen) atoms. The fourth-order valence-electron chi connectivity index (χ4n) is 2.66. The molecule has 0 fully saturated rings. The molecule has 1 aliphatic rings. The Kier molecular flexibility index (Phi) is 5.05. The van der Waals surface area contributed by atoms with E-state index < -0.39 is 0 Å². The molecule has 1 heterocycles. The molecular weight excluding hydrogens is 280 g/mol. The summed E-state index contributed by atoms with van der Waals surface area (Å²) >= 11 is 0. The number of aromatic nitrogens is 1. The summed E-state index contributed by atoms with van der Waals surface area (Å²) in [6.45, 7) is 5.02. The molecule has 2 heteroatoms. The van der Waals surface area contributed by atoms with E-state index in [4.69, 9.17) is 0 Å². The van der Waals surface area contributed by atoms with Crippen LogP contribution >= 0.6 is 0 Å². The van der Waals surface area contributed by atoms with Gasteiger partial charge in [0.2, 0.25) is 0 Å². The Morgan fingerprint density at radius 2 is 2.04 bits per heavy atom. The van der Waals surface area contributed by atoms with Crippen LogP contribution < -0.4 is 5.32 Å². The first-order valence-corrected chi connectivity index (χ1v) is 8.13. The first-order valence-electron chi connectivity index (χ1n) is 8.13. The molecule has 0 saturated heterocycles. The number of benzene rings is 1. The van der Waals surface area contributed by atoms with Gasteiger partial charge in [-0.2, -0.15) is 0 Å². The summed E-state index contributed by atoms with van der Waals surface area (Å²) in [5.41, 5.74) is 3.19. The highest BCUT2D eigenvalue weighted by atomic mass is 14.9. The number of nitrogens with zero attached hydrogens (tertiary/aromatic N) is 1. The Hall–Kier alpha value is -2.61. The van der Waals surface area contributed by atoms with Gasteiger partial charge in [-0.1, -0.05) is 61.2 Å². The van der Waals surface area contributed by atoms with Crippen LogP contribution in [-0.4, -0.2) is 11.5 Å². The van der Waals surface area contributed by atoms with Gasteiger partial charge in [-0.25, -0.2) is 0 Å². The summed E-state index contributed by atoms with van der Waals surface area (Å²) in [7, 11) is 0. The Bertz CT molecular complexity index is 781. The molecule has 116 valence electrons. The topological polar surface area (TPSA) is 24.9 Å². The lowest BCUT2D eigenvalue weighted by atomic mass is 10.1. The first-order chi connectivity index (χ1) is 11.3. The van der Waals surface area contributed by atoms with E-state index in [9.17, 15) is 0 Å². The molecule has 3 rings (SSSR count). The van der Waals surface area contributed by atoms with Crippen molar-refractivity contribution in [3.8, 4) is 0 Å². The van der Waals surface area contributed by atoms with E-state index in [1.54, 1.807) is 0 Å². The third kappa shape index (κ3) is 4.19. The van der Waals surface area contributed by atoms with Gasteiger partial charge in [-0.05, 0) is 36.3 Å². The molecule has 1 aromatic heterocycles. The SMILES string of the molecule is C=C(NCCCC1=CC=CCC=C1)c1cc2ccccc2cn1. The minimum absolute atomic E-state index is 0.890. The maximum Gasteiger partial charge on any atom is 0.0861 e. The monoisotopic (exact) mass is 302 g/mol. The molecule has 0 radical (unpaired) electrons. The van der Waals surface area contributed by atoms with Gasteiger partial charge >= 0.3 is 0 Å². The predicted octanol–water partition coefficient (Wildman–Crippen LogP) is 5.02. The van der Waals surface area contributed by atoms with E-state index in [0.29, 0.717) is 0 Å². The van der Waals surface area contributed by atoms with Crippen LogP contribution in [0.5, 0.6) is 0 Å². The van der Waals surface area contributed by atoms with Crippen LogP contribution in [0.2, 0.25) is 0 Å². The highest BCUT2D eigenvalue weighted by Crippen LogP contribution is 2.17. The fourth-order valence-corrected chi connectivity index (χ4v) is 2.66. The number of pyridine rings is 1. The van der Waals surface area contributed by atoms with Gasteiger partial charge in [0, 0.05) is 18.1 Å². The smallest absolute Gasteiger partial charge is 0.0861 e. The number of nitrogens with one attached hydrogen (secondary N) is 1. The Morgan fingerprint density at radius 1 is 1.17 bits per heavy atom. The molecule has 0 spiro atoms. The van der Waals surface area contributed by atoms with Crippen molar-refractivity contribution in [2.45, 2.75) is 19.3 Å². The molecule has 0 unspecified atom stereocenters. The summed E-state index contributed by atoms with van der Waals surface area (Å²) in [4.78, 5) is 4.49. The zero-order valence-corrected chi connectivity index (χ0v) is 13.3. The van der Waals surface area contributed by atoms with Crippen LogP contribution in [0.25, 0.3) is 16.5 Å². The van der Waals surface area contributed by atoms with Crippen molar-refractivity contribution >= 4 is 16.5 Å². The van der Waals surface area contributed by atoms with Crippen LogP contribution in [0.1, 0.15) is 25.0 Å². The van der Waals surface area contributed by atoms with Gasteiger partial charge in [0.15, 0.2) is 0 Å². The Morgan fingerprint density at radius 3 is 2.96 bits per heavy atom. The maximum absolute atomic E-state index is 4.49. The summed E-state index contributed by atoms with van der Waals surface area (Å²) < 4.78 is 0. The summed E-state index contributed by atoms with van der Waals surface area (Å²) in [5, 5.41) is 5.74. The van der Waals surface area contributed by atoms with E-state index in [2.05, 4.69) is 65.5 Å². The van der Waals surface area contributed by atoms with E-state index in [-0.39, 0.29) is 0 Å². The highest BCUT2D eigenvalue weighted by molar-refractivity contribution is 5.83. The maximum atomic E-state index is 4.49. The third-order valence-electron chi connectivity index (χ3n) is 3.97. The second-order valence-electron chi connectivity index (χ2n) is 5.73. The standard InChI is InChI=1S/C21H22N2/c1-17(21-15-19-12-6-7-13-20(19)16-23-21)22-14-8-11-18-9-4-2-3-5-10-18/h2,4-7,9-10,12-13,15-16,22H,1,3,8,11,14H2. The van der Waals surface area contributed by atoms with Crippen molar-refractivity contribution in [3.63, 3.8) is 0 Å². The number of hydrogen-bond acceptors (Lipinski definition) is 2. The highest BCUT2D eigenvalue weighted by Gasteiger charge is 2.02.